The van der Waals surface area contributed by atoms with Gasteiger partial charge in [-0.2, -0.15) is 0 Å². The SMILES string of the molecule is C[Si](C)(C)C#CC(O)CCCCO. The number of hydrogen-bond acceptors (Lipinski definition) is 2. The van der Waals surface area contributed by atoms with Crippen molar-refractivity contribution in [2.45, 2.75) is 45.0 Å². The maximum absolute atomic E-state index is 9.41. The van der Waals surface area contributed by atoms with Gasteiger partial charge in [0.05, 0.1) is 0 Å². The molecule has 2 nitrogen and oxygen atoms in total. The molecule has 0 aromatic heterocycles. The Balaban J connectivity index is 3.71. The number of hydrogen-bond donors (Lipinski definition) is 2. The molecule has 1 atom stereocenters. The van der Waals surface area contributed by atoms with E-state index in [1.165, 1.54) is 0 Å². The average molecular weight is 200 g/mol. The Bertz CT molecular complexity index is 185. The van der Waals surface area contributed by atoms with Crippen molar-refractivity contribution in [3.63, 3.8) is 0 Å². The Morgan fingerprint density at radius 2 is 1.85 bits per heavy atom. The molecule has 1 unspecified atom stereocenters. The summed E-state index contributed by atoms with van der Waals surface area (Å²) in [4.78, 5) is 0. The summed E-state index contributed by atoms with van der Waals surface area (Å²) in [6.07, 6.45) is 1.78. The molecular formula is C10H20O2Si. The first-order chi connectivity index (χ1) is 5.95. The molecule has 0 bridgehead atoms. The van der Waals surface area contributed by atoms with E-state index < -0.39 is 14.2 Å². The predicted molar refractivity (Wildman–Crippen MR) is 58.1 cm³/mol. The lowest BCUT2D eigenvalue weighted by atomic mass is 10.2. The van der Waals surface area contributed by atoms with Crippen LogP contribution in [0.3, 0.4) is 0 Å². The van der Waals surface area contributed by atoms with Gasteiger partial charge in [0, 0.05) is 6.61 Å². The van der Waals surface area contributed by atoms with Gasteiger partial charge >= 0.3 is 0 Å². The number of aliphatic hydroxyl groups is 2. The number of aliphatic hydroxyl groups excluding tert-OH is 2. The van der Waals surface area contributed by atoms with Crippen molar-refractivity contribution in [2.75, 3.05) is 6.61 Å². The summed E-state index contributed by atoms with van der Waals surface area (Å²) in [5.41, 5.74) is 3.12. The molecule has 0 spiro atoms. The van der Waals surface area contributed by atoms with E-state index >= 15 is 0 Å². The van der Waals surface area contributed by atoms with E-state index in [0.29, 0.717) is 6.42 Å². The van der Waals surface area contributed by atoms with Crippen LogP contribution >= 0.6 is 0 Å². The molecule has 0 aliphatic rings. The van der Waals surface area contributed by atoms with Gasteiger partial charge in [0.1, 0.15) is 14.2 Å². The summed E-state index contributed by atoms with van der Waals surface area (Å²) in [7, 11) is -1.34. The van der Waals surface area contributed by atoms with Gasteiger partial charge in [0.2, 0.25) is 0 Å². The third-order valence-corrected chi connectivity index (χ3v) is 2.39. The van der Waals surface area contributed by atoms with Gasteiger partial charge in [-0.05, 0) is 19.3 Å². The molecule has 0 rings (SSSR count). The van der Waals surface area contributed by atoms with Crippen LogP contribution in [0.4, 0.5) is 0 Å². The first-order valence-electron chi connectivity index (χ1n) is 4.77. The Hall–Kier alpha value is -0.303. The van der Waals surface area contributed by atoms with Crippen LogP contribution < -0.4 is 0 Å². The number of unbranched alkanes of at least 4 members (excludes halogenated alkanes) is 1. The Kier molecular flexibility index (Phi) is 6.05. The first-order valence-corrected chi connectivity index (χ1v) is 8.27. The zero-order chi connectivity index (χ0) is 10.3. The minimum Gasteiger partial charge on any atom is -0.396 e. The molecule has 0 aliphatic heterocycles. The van der Waals surface area contributed by atoms with Crippen LogP contribution in [0.25, 0.3) is 0 Å². The van der Waals surface area contributed by atoms with Gasteiger partial charge < -0.3 is 10.2 Å². The molecule has 2 N–H and O–H groups in total. The lowest BCUT2D eigenvalue weighted by Crippen LogP contribution is -2.17. The lowest BCUT2D eigenvalue weighted by Gasteiger charge is -2.06. The third-order valence-electron chi connectivity index (χ3n) is 1.50. The standard InChI is InChI=1S/C10H20O2Si/c1-13(2,3)9-7-10(12)6-4-5-8-11/h10-12H,4-6,8H2,1-3H3. The zero-order valence-corrected chi connectivity index (χ0v) is 9.80. The molecule has 13 heavy (non-hydrogen) atoms. The van der Waals surface area contributed by atoms with Crippen molar-refractivity contribution < 1.29 is 10.2 Å². The fourth-order valence-corrected chi connectivity index (χ4v) is 1.42. The second kappa shape index (κ2) is 6.20. The maximum atomic E-state index is 9.41. The Morgan fingerprint density at radius 3 is 2.31 bits per heavy atom. The summed E-state index contributed by atoms with van der Waals surface area (Å²) >= 11 is 0. The van der Waals surface area contributed by atoms with Crippen LogP contribution in [0.5, 0.6) is 0 Å². The molecule has 0 saturated carbocycles. The summed E-state index contributed by atoms with van der Waals surface area (Å²) in [6, 6.07) is 0. The second-order valence-electron chi connectivity index (χ2n) is 4.25. The van der Waals surface area contributed by atoms with Crippen molar-refractivity contribution >= 4 is 8.07 Å². The number of rotatable bonds is 4. The third kappa shape index (κ3) is 9.61. The van der Waals surface area contributed by atoms with Gasteiger partial charge in [0.15, 0.2) is 0 Å². The van der Waals surface area contributed by atoms with Crippen LogP contribution in [0.2, 0.25) is 19.6 Å². The highest BCUT2D eigenvalue weighted by Crippen LogP contribution is 2.01. The maximum Gasteiger partial charge on any atom is 0.129 e. The zero-order valence-electron chi connectivity index (χ0n) is 8.80. The highest BCUT2D eigenvalue weighted by atomic mass is 28.3. The van der Waals surface area contributed by atoms with Crippen LogP contribution in [0.15, 0.2) is 0 Å². The van der Waals surface area contributed by atoms with Gasteiger partial charge in [-0.1, -0.05) is 25.6 Å². The molecule has 0 aliphatic carbocycles. The summed E-state index contributed by atoms with van der Waals surface area (Å²) in [5.74, 6) is 2.87. The molecule has 0 amide bonds. The van der Waals surface area contributed by atoms with Crippen molar-refractivity contribution in [1.29, 1.82) is 0 Å². The van der Waals surface area contributed by atoms with E-state index in [0.717, 1.165) is 12.8 Å². The van der Waals surface area contributed by atoms with E-state index in [1.807, 2.05) is 0 Å². The van der Waals surface area contributed by atoms with Crippen molar-refractivity contribution in [2.24, 2.45) is 0 Å². The fraction of sp³-hybridized carbons (Fsp3) is 0.800. The minimum atomic E-state index is -1.34. The molecule has 0 fully saturated rings. The predicted octanol–water partition coefficient (Wildman–Crippen LogP) is 1.39. The van der Waals surface area contributed by atoms with Crippen LogP contribution in [0.1, 0.15) is 19.3 Å². The average Bonchev–Trinajstić information content (AvgIpc) is 2.00. The van der Waals surface area contributed by atoms with E-state index in [1.54, 1.807) is 0 Å². The first kappa shape index (κ1) is 12.7. The lowest BCUT2D eigenvalue weighted by molar-refractivity contribution is 0.209. The van der Waals surface area contributed by atoms with Crippen molar-refractivity contribution in [3.05, 3.63) is 0 Å². The van der Waals surface area contributed by atoms with Crippen molar-refractivity contribution in [3.8, 4) is 11.5 Å². The smallest absolute Gasteiger partial charge is 0.129 e. The fourth-order valence-electron chi connectivity index (χ4n) is 0.821. The van der Waals surface area contributed by atoms with Crippen LogP contribution in [-0.2, 0) is 0 Å². The topological polar surface area (TPSA) is 40.5 Å². The molecular weight excluding hydrogens is 180 g/mol. The second-order valence-corrected chi connectivity index (χ2v) is 9.00. The van der Waals surface area contributed by atoms with Crippen LogP contribution in [0, 0.1) is 11.5 Å². The van der Waals surface area contributed by atoms with Crippen LogP contribution in [-0.4, -0.2) is 31.0 Å². The highest BCUT2D eigenvalue weighted by molar-refractivity contribution is 6.83. The quantitative estimate of drug-likeness (QED) is 0.409. The van der Waals surface area contributed by atoms with E-state index in [4.69, 9.17) is 5.11 Å². The molecule has 0 aromatic carbocycles. The largest absolute Gasteiger partial charge is 0.396 e. The Labute approximate surface area is 82.0 Å². The summed E-state index contributed by atoms with van der Waals surface area (Å²) in [6.45, 7) is 6.66. The molecule has 0 saturated heterocycles. The Morgan fingerprint density at radius 1 is 1.23 bits per heavy atom. The molecule has 3 heteroatoms. The highest BCUT2D eigenvalue weighted by Gasteiger charge is 2.08. The molecule has 0 heterocycles. The van der Waals surface area contributed by atoms with Gasteiger partial charge in [0.25, 0.3) is 0 Å². The molecule has 0 radical (unpaired) electrons. The summed E-state index contributed by atoms with van der Waals surface area (Å²) < 4.78 is 0. The van der Waals surface area contributed by atoms with Crippen molar-refractivity contribution in [1.82, 2.24) is 0 Å². The normalized spacial score (nSPS) is 13.3. The molecule has 0 aromatic rings. The van der Waals surface area contributed by atoms with Gasteiger partial charge in [-0.15, -0.1) is 5.54 Å². The summed E-state index contributed by atoms with van der Waals surface area (Å²) in [5, 5.41) is 17.9. The minimum absolute atomic E-state index is 0.203. The monoisotopic (exact) mass is 200 g/mol. The van der Waals surface area contributed by atoms with Gasteiger partial charge in [-0.3, -0.25) is 0 Å². The van der Waals surface area contributed by atoms with E-state index in [9.17, 15) is 5.11 Å². The molecule has 76 valence electrons. The van der Waals surface area contributed by atoms with E-state index in [-0.39, 0.29) is 6.61 Å². The van der Waals surface area contributed by atoms with Gasteiger partial charge in [-0.25, -0.2) is 0 Å². The van der Waals surface area contributed by atoms with E-state index in [2.05, 4.69) is 31.1 Å².